The second-order valence-electron chi connectivity index (χ2n) is 11.4. The highest BCUT2D eigenvalue weighted by Gasteiger charge is 2.38. The number of rotatable bonds is 3. The molecule has 0 bridgehead atoms. The van der Waals surface area contributed by atoms with Crippen molar-refractivity contribution in [1.82, 2.24) is 24.5 Å². The van der Waals surface area contributed by atoms with Crippen molar-refractivity contribution in [1.29, 1.82) is 0 Å². The lowest BCUT2D eigenvalue weighted by Crippen LogP contribution is -2.14. The normalized spacial score (nSPS) is 15.1. The van der Waals surface area contributed by atoms with Crippen LogP contribution in [-0.2, 0) is 18.3 Å². The summed E-state index contributed by atoms with van der Waals surface area (Å²) in [5.74, 6) is 2.06. The summed E-state index contributed by atoms with van der Waals surface area (Å²) in [5, 5.41) is 1.34. The quantitative estimate of drug-likeness (QED) is 0.240. The standard InChI is InChI=1S/C35H29N5/c1-35(2)26-19-20-36-21-25(26)30-27(35)17-18-29-31(30)24-15-9-10-16-28(24)40(29)34-38-32(22-11-5-3-6-12-22)37-33(39-34)23-13-7-4-8-14-23/h3-8,11-14,17-21H,9-10,15-16H2,1-2H3. The van der Waals surface area contributed by atoms with Gasteiger partial charge in [-0.1, -0.05) is 80.6 Å². The summed E-state index contributed by atoms with van der Waals surface area (Å²) in [6.45, 7) is 4.66. The van der Waals surface area contributed by atoms with Crippen LogP contribution in [0, 0.1) is 0 Å². The van der Waals surface area contributed by atoms with Crippen LogP contribution in [-0.4, -0.2) is 24.5 Å². The second-order valence-corrected chi connectivity index (χ2v) is 11.4. The van der Waals surface area contributed by atoms with Crippen molar-refractivity contribution in [3.8, 4) is 39.9 Å². The van der Waals surface area contributed by atoms with E-state index in [1.165, 1.54) is 50.8 Å². The molecule has 0 atom stereocenters. The topological polar surface area (TPSA) is 56.5 Å². The molecular formula is C35H29N5. The van der Waals surface area contributed by atoms with Gasteiger partial charge in [0.2, 0.25) is 5.95 Å². The van der Waals surface area contributed by atoms with Crippen LogP contribution in [0.4, 0.5) is 0 Å². The van der Waals surface area contributed by atoms with E-state index in [4.69, 9.17) is 15.0 Å². The zero-order valence-electron chi connectivity index (χ0n) is 22.7. The number of fused-ring (bicyclic) bond motifs is 7. The first-order valence-electron chi connectivity index (χ1n) is 14.1. The van der Waals surface area contributed by atoms with E-state index in [0.717, 1.165) is 30.4 Å². The molecule has 40 heavy (non-hydrogen) atoms. The Bertz CT molecular complexity index is 1860. The number of hydrogen-bond acceptors (Lipinski definition) is 4. The molecule has 2 aliphatic carbocycles. The van der Waals surface area contributed by atoms with Crippen LogP contribution in [0.2, 0.25) is 0 Å². The van der Waals surface area contributed by atoms with Crippen LogP contribution >= 0.6 is 0 Å². The summed E-state index contributed by atoms with van der Waals surface area (Å²) in [7, 11) is 0. The van der Waals surface area contributed by atoms with Crippen molar-refractivity contribution in [2.45, 2.75) is 44.9 Å². The number of aromatic nitrogens is 5. The summed E-state index contributed by atoms with van der Waals surface area (Å²) in [5.41, 5.74) is 11.1. The van der Waals surface area contributed by atoms with Gasteiger partial charge in [0.25, 0.3) is 0 Å². The maximum absolute atomic E-state index is 5.12. The van der Waals surface area contributed by atoms with Gasteiger partial charge in [-0.05, 0) is 60.1 Å². The van der Waals surface area contributed by atoms with E-state index in [0.29, 0.717) is 17.6 Å². The average molecular weight is 520 g/mol. The van der Waals surface area contributed by atoms with Gasteiger partial charge in [0.05, 0.1) is 5.52 Å². The van der Waals surface area contributed by atoms with Crippen molar-refractivity contribution >= 4 is 10.9 Å². The Kier molecular flexibility index (Phi) is 5.05. The van der Waals surface area contributed by atoms with Crippen molar-refractivity contribution in [3.05, 3.63) is 114 Å². The number of aryl methyl sites for hydroxylation is 1. The van der Waals surface area contributed by atoms with Gasteiger partial charge >= 0.3 is 0 Å². The number of pyridine rings is 1. The summed E-state index contributed by atoms with van der Waals surface area (Å²) >= 11 is 0. The molecule has 8 rings (SSSR count). The number of hydrogen-bond donors (Lipinski definition) is 0. The molecule has 0 amide bonds. The maximum Gasteiger partial charge on any atom is 0.238 e. The van der Waals surface area contributed by atoms with Gasteiger partial charge < -0.3 is 0 Å². The molecule has 6 aromatic rings. The highest BCUT2D eigenvalue weighted by Crippen LogP contribution is 2.53. The molecule has 3 heterocycles. The van der Waals surface area contributed by atoms with Crippen LogP contribution in [0.3, 0.4) is 0 Å². The van der Waals surface area contributed by atoms with E-state index in [2.05, 4.69) is 72.1 Å². The van der Waals surface area contributed by atoms with E-state index in [1.54, 1.807) is 0 Å². The van der Waals surface area contributed by atoms with Gasteiger partial charge in [-0.25, -0.2) is 4.98 Å². The lowest BCUT2D eigenvalue weighted by molar-refractivity contribution is 0.659. The molecule has 0 aliphatic heterocycles. The predicted octanol–water partition coefficient (Wildman–Crippen LogP) is 7.73. The minimum Gasteiger partial charge on any atom is -0.282 e. The molecule has 0 fully saturated rings. The Morgan fingerprint density at radius 3 is 2.08 bits per heavy atom. The Balaban J connectivity index is 1.45. The van der Waals surface area contributed by atoms with Crippen molar-refractivity contribution in [3.63, 3.8) is 0 Å². The van der Waals surface area contributed by atoms with Gasteiger partial charge in [0.15, 0.2) is 11.6 Å². The Hall–Kier alpha value is -4.64. The van der Waals surface area contributed by atoms with Crippen LogP contribution in [0.1, 0.15) is 49.1 Å². The van der Waals surface area contributed by atoms with Crippen molar-refractivity contribution in [2.75, 3.05) is 0 Å². The summed E-state index contributed by atoms with van der Waals surface area (Å²) < 4.78 is 2.33. The van der Waals surface area contributed by atoms with Crippen molar-refractivity contribution in [2.24, 2.45) is 0 Å². The Labute approximate surface area is 233 Å². The van der Waals surface area contributed by atoms with Gasteiger partial charge in [0, 0.05) is 45.6 Å². The van der Waals surface area contributed by atoms with Crippen LogP contribution < -0.4 is 0 Å². The third kappa shape index (κ3) is 3.33. The zero-order valence-corrected chi connectivity index (χ0v) is 22.7. The van der Waals surface area contributed by atoms with E-state index < -0.39 is 0 Å². The third-order valence-corrected chi connectivity index (χ3v) is 8.76. The summed E-state index contributed by atoms with van der Waals surface area (Å²) in [6, 6.07) is 27.2. The van der Waals surface area contributed by atoms with Crippen LogP contribution in [0.15, 0.2) is 91.3 Å². The fourth-order valence-electron chi connectivity index (χ4n) is 6.84. The van der Waals surface area contributed by atoms with E-state index in [1.807, 2.05) is 42.6 Å². The summed E-state index contributed by atoms with van der Waals surface area (Å²) in [4.78, 5) is 19.7. The average Bonchev–Trinajstić information content (AvgIpc) is 3.47. The number of benzene rings is 3. The lowest BCUT2D eigenvalue weighted by atomic mass is 9.82. The molecule has 5 heteroatoms. The van der Waals surface area contributed by atoms with Gasteiger partial charge in [0.1, 0.15) is 0 Å². The first kappa shape index (κ1) is 23.3. The molecule has 0 saturated carbocycles. The molecule has 0 radical (unpaired) electrons. The molecule has 194 valence electrons. The predicted molar refractivity (Wildman–Crippen MR) is 160 cm³/mol. The van der Waals surface area contributed by atoms with Gasteiger partial charge in [-0.3, -0.25) is 9.55 Å². The Morgan fingerprint density at radius 1 is 0.700 bits per heavy atom. The monoisotopic (exact) mass is 519 g/mol. The third-order valence-electron chi connectivity index (χ3n) is 8.76. The smallest absolute Gasteiger partial charge is 0.238 e. The number of nitrogens with zero attached hydrogens (tertiary/aromatic N) is 5. The van der Waals surface area contributed by atoms with E-state index in [-0.39, 0.29) is 5.41 Å². The molecular weight excluding hydrogens is 490 g/mol. The highest BCUT2D eigenvalue weighted by atomic mass is 15.2. The van der Waals surface area contributed by atoms with Gasteiger partial charge in [-0.2, -0.15) is 9.97 Å². The zero-order chi connectivity index (χ0) is 26.8. The molecule has 0 unspecified atom stereocenters. The molecule has 0 saturated heterocycles. The minimum absolute atomic E-state index is 0.0699. The molecule has 5 nitrogen and oxygen atoms in total. The molecule has 2 aliphatic rings. The Morgan fingerprint density at radius 2 is 1.38 bits per heavy atom. The fourth-order valence-corrected chi connectivity index (χ4v) is 6.84. The first-order chi connectivity index (χ1) is 19.6. The fraction of sp³-hybridized carbons (Fsp3) is 0.200. The SMILES string of the molecule is CC1(C)c2ccncc2-c2c1ccc1c2c2c(n1-c1nc(-c3ccccc3)nc(-c3ccccc3)n1)CCCC2. The molecule has 0 spiro atoms. The van der Waals surface area contributed by atoms with E-state index in [9.17, 15) is 0 Å². The molecule has 0 N–H and O–H groups in total. The molecule has 3 aromatic heterocycles. The minimum atomic E-state index is -0.0699. The first-order valence-corrected chi connectivity index (χ1v) is 14.1. The lowest BCUT2D eigenvalue weighted by Gasteiger charge is -2.21. The van der Waals surface area contributed by atoms with Crippen LogP contribution in [0.25, 0.3) is 50.8 Å². The van der Waals surface area contributed by atoms with E-state index >= 15 is 0 Å². The molecule has 3 aromatic carbocycles. The second kappa shape index (κ2) is 8.68. The highest BCUT2D eigenvalue weighted by molar-refractivity contribution is 6.04. The largest absolute Gasteiger partial charge is 0.282 e. The van der Waals surface area contributed by atoms with Crippen LogP contribution in [0.5, 0.6) is 0 Å². The summed E-state index contributed by atoms with van der Waals surface area (Å²) in [6.07, 6.45) is 8.41. The van der Waals surface area contributed by atoms with Gasteiger partial charge in [-0.15, -0.1) is 0 Å². The van der Waals surface area contributed by atoms with Crippen molar-refractivity contribution < 1.29 is 0 Å². The maximum atomic E-state index is 5.12.